The average molecular weight is 204 g/mol. The van der Waals surface area contributed by atoms with E-state index in [9.17, 15) is 4.79 Å². The topological polar surface area (TPSA) is 20.3 Å². The van der Waals surface area contributed by atoms with Crippen LogP contribution in [0.15, 0.2) is 24.3 Å². The third kappa shape index (κ3) is 5.26. The molecule has 3 heteroatoms. The highest BCUT2D eigenvalue weighted by atomic mass is 16.2. The van der Waals surface area contributed by atoms with E-state index in [4.69, 9.17) is 0 Å². The number of hydrogen-bond donors (Lipinski definition) is 0. The van der Waals surface area contributed by atoms with Crippen LogP contribution in [-0.2, 0) is 4.79 Å². The molecule has 0 spiro atoms. The van der Waals surface area contributed by atoms with Crippen molar-refractivity contribution in [3.05, 3.63) is 29.8 Å². The van der Waals surface area contributed by atoms with Gasteiger partial charge in [0.2, 0.25) is 5.91 Å². The van der Waals surface area contributed by atoms with Gasteiger partial charge >= 0.3 is 0 Å². The van der Waals surface area contributed by atoms with E-state index >= 15 is 0 Å². The van der Waals surface area contributed by atoms with Gasteiger partial charge < -0.3 is 4.90 Å². The maximum atomic E-state index is 11.0. The predicted molar refractivity (Wildman–Crippen MR) is 67.4 cm³/mol. The molecule has 0 heterocycles. The van der Waals surface area contributed by atoms with E-state index in [0.717, 1.165) is 5.69 Å². The maximum Gasteiger partial charge on any atom is 0.223 e. The molecule has 0 N–H and O–H groups in total. The Bertz CT molecular complexity index is 299. The third-order valence-corrected chi connectivity index (χ3v) is 1.86. The number of nitrogens with zero attached hydrogens (tertiary/aromatic N) is 1. The molecule has 1 aromatic rings. The highest BCUT2D eigenvalue weighted by Gasteiger charge is 2.03. The summed E-state index contributed by atoms with van der Waals surface area (Å²) >= 11 is 0. The molecule has 1 rings (SSSR count). The average Bonchev–Trinajstić information content (AvgIpc) is 2.19. The first-order valence-corrected chi connectivity index (χ1v) is 4.92. The summed E-state index contributed by atoms with van der Waals surface area (Å²) in [6.07, 6.45) is 0. The first kappa shape index (κ1) is 16.2. The third-order valence-electron chi connectivity index (χ3n) is 1.86. The summed E-state index contributed by atoms with van der Waals surface area (Å²) in [4.78, 5) is 12.6. The van der Waals surface area contributed by atoms with Gasteiger partial charge in [-0.3, -0.25) is 4.79 Å². The molecular weight excluding hydrogens is 185 g/mol. The van der Waals surface area contributed by atoms with Crippen LogP contribution >= 0.6 is 0 Å². The van der Waals surface area contributed by atoms with Gasteiger partial charge in [-0.15, -0.1) is 0 Å². The summed E-state index contributed by atoms with van der Waals surface area (Å²) in [5.74, 6) is 0.0561. The normalized spacial score (nSPS) is 8.07. The van der Waals surface area contributed by atoms with Crippen LogP contribution in [0.2, 0.25) is 0 Å². The second kappa shape index (κ2) is 8.10. The van der Waals surface area contributed by atoms with Gasteiger partial charge in [0.15, 0.2) is 0 Å². The molecule has 0 aliphatic carbocycles. The van der Waals surface area contributed by atoms with Gasteiger partial charge in [0.25, 0.3) is 0 Å². The number of amides is 1. The Morgan fingerprint density at radius 2 is 1.80 bits per heavy atom. The summed E-state index contributed by atoms with van der Waals surface area (Å²) in [5.41, 5.74) is 2.11. The first-order chi connectivity index (χ1) is 6.61. The van der Waals surface area contributed by atoms with Crippen molar-refractivity contribution in [1.29, 1.82) is 0 Å². The van der Waals surface area contributed by atoms with Crippen LogP contribution in [0.5, 0.6) is 0 Å². The molecule has 2 nitrogen and oxygen atoms in total. The quantitative estimate of drug-likeness (QED) is 0.644. The molecule has 0 aliphatic rings. The fourth-order valence-corrected chi connectivity index (χ4v) is 1.02. The number of rotatable bonds is 1. The number of carbonyl (C=O) groups is 1. The molecule has 0 aliphatic heterocycles. The second-order valence-corrected chi connectivity index (χ2v) is 2.92. The fraction of sp³-hybridized carbons (Fsp3) is 0.417. The summed E-state index contributed by atoms with van der Waals surface area (Å²) in [5, 5.41) is 0. The lowest BCUT2D eigenvalue weighted by Crippen LogP contribution is -2.22. The number of aryl methyl sites for hydroxylation is 1. The molecule has 0 saturated heterocycles. The van der Waals surface area contributed by atoms with E-state index in [1.807, 2.05) is 45.0 Å². The van der Waals surface area contributed by atoms with E-state index in [2.05, 4.69) is 0 Å². The Morgan fingerprint density at radius 3 is 2.20 bits per heavy atom. The smallest absolute Gasteiger partial charge is 0.223 e. The zero-order chi connectivity index (χ0) is 11.1. The Morgan fingerprint density at radius 1 is 1.27 bits per heavy atom. The predicted octanol–water partition coefficient (Wildman–Crippen LogP) is 2.62. The van der Waals surface area contributed by atoms with Crippen molar-refractivity contribution in [2.24, 2.45) is 0 Å². The second-order valence-electron chi connectivity index (χ2n) is 2.92. The molecular formula is C12H19BNO. The molecule has 3 radical (unpaired) electrons. The molecule has 0 fully saturated rings. The van der Waals surface area contributed by atoms with Crippen LogP contribution in [0.4, 0.5) is 5.69 Å². The molecule has 1 amide bonds. The molecule has 81 valence electrons. The van der Waals surface area contributed by atoms with E-state index in [0.29, 0.717) is 0 Å². The lowest BCUT2D eigenvalue weighted by atomic mass is 10.2. The lowest BCUT2D eigenvalue weighted by molar-refractivity contribution is -0.116. The zero-order valence-corrected chi connectivity index (χ0v) is 10.2. The van der Waals surface area contributed by atoms with Gasteiger partial charge in [0.1, 0.15) is 0 Å². The Hall–Kier alpha value is -1.25. The highest BCUT2D eigenvalue weighted by Crippen LogP contribution is 2.13. The molecule has 1 aromatic carbocycles. The first-order valence-electron chi connectivity index (χ1n) is 4.92. The summed E-state index contributed by atoms with van der Waals surface area (Å²) in [7, 11) is 1.77. The van der Waals surface area contributed by atoms with Crippen molar-refractivity contribution < 1.29 is 4.79 Å². The van der Waals surface area contributed by atoms with Crippen molar-refractivity contribution in [1.82, 2.24) is 0 Å². The summed E-state index contributed by atoms with van der Waals surface area (Å²) < 4.78 is 0. The van der Waals surface area contributed by atoms with Gasteiger partial charge in [-0.05, 0) is 24.6 Å². The fourth-order valence-electron chi connectivity index (χ4n) is 1.02. The van der Waals surface area contributed by atoms with Gasteiger partial charge in [-0.2, -0.15) is 0 Å². The molecule has 15 heavy (non-hydrogen) atoms. The monoisotopic (exact) mass is 204 g/mol. The standard InChI is InChI=1S/C10H13NO.C2H6.B/c1-8-5-4-6-10(7-8)11(3)9(2)12;1-2;/h4-7H,1-3H3;1-2H3;. The van der Waals surface area contributed by atoms with Crippen molar-refractivity contribution in [2.75, 3.05) is 11.9 Å². The number of hydrogen-bond acceptors (Lipinski definition) is 1. The summed E-state index contributed by atoms with van der Waals surface area (Å²) in [6.45, 7) is 7.57. The summed E-state index contributed by atoms with van der Waals surface area (Å²) in [6, 6.07) is 7.87. The van der Waals surface area contributed by atoms with Crippen molar-refractivity contribution in [3.8, 4) is 0 Å². The van der Waals surface area contributed by atoms with Crippen molar-refractivity contribution >= 4 is 20.0 Å². The Kier molecular flexibility index (Phi) is 8.74. The zero-order valence-electron chi connectivity index (χ0n) is 10.2. The minimum absolute atomic E-state index is 0. The van der Waals surface area contributed by atoms with Crippen LogP contribution in [-0.4, -0.2) is 21.4 Å². The van der Waals surface area contributed by atoms with E-state index in [1.165, 1.54) is 5.56 Å². The molecule has 0 atom stereocenters. The molecule has 0 bridgehead atoms. The van der Waals surface area contributed by atoms with Crippen LogP contribution in [0.25, 0.3) is 0 Å². The van der Waals surface area contributed by atoms with Crippen molar-refractivity contribution in [2.45, 2.75) is 27.7 Å². The van der Waals surface area contributed by atoms with Gasteiger partial charge in [-0.1, -0.05) is 26.0 Å². The van der Waals surface area contributed by atoms with Crippen LogP contribution < -0.4 is 4.90 Å². The maximum absolute atomic E-state index is 11.0. The lowest BCUT2D eigenvalue weighted by Gasteiger charge is -2.14. The number of anilines is 1. The van der Waals surface area contributed by atoms with E-state index in [1.54, 1.807) is 18.9 Å². The minimum Gasteiger partial charge on any atom is -0.316 e. The molecule has 0 aromatic heterocycles. The SMILES string of the molecule is CC.CC(=O)N(C)c1cccc(C)c1.[B]. The number of carbonyl (C=O) groups excluding carboxylic acids is 1. The number of benzene rings is 1. The van der Waals surface area contributed by atoms with E-state index < -0.39 is 0 Å². The highest BCUT2D eigenvalue weighted by molar-refractivity contribution is 5.90. The van der Waals surface area contributed by atoms with Crippen LogP contribution in [0, 0.1) is 6.92 Å². The van der Waals surface area contributed by atoms with Crippen LogP contribution in [0.1, 0.15) is 26.3 Å². The molecule has 0 saturated carbocycles. The van der Waals surface area contributed by atoms with Gasteiger partial charge in [0.05, 0.1) is 0 Å². The Labute approximate surface area is 94.9 Å². The van der Waals surface area contributed by atoms with Gasteiger partial charge in [-0.25, -0.2) is 0 Å². The van der Waals surface area contributed by atoms with Gasteiger partial charge in [0, 0.05) is 28.1 Å². The van der Waals surface area contributed by atoms with Crippen molar-refractivity contribution in [3.63, 3.8) is 0 Å². The van der Waals surface area contributed by atoms with E-state index in [-0.39, 0.29) is 14.3 Å². The minimum atomic E-state index is 0. The Balaban J connectivity index is 0. The largest absolute Gasteiger partial charge is 0.316 e. The molecule has 0 unspecified atom stereocenters. The van der Waals surface area contributed by atoms with Crippen LogP contribution in [0.3, 0.4) is 0 Å².